The average molecular weight is 1200 g/mol. The number of aliphatic hydroxyl groups is 2. The molecule has 3 rings (SSSR count). The number of likely N-dealkylation sites (tertiary alicyclic amines) is 1. The molecule has 0 spiro atoms. The first-order chi connectivity index (χ1) is 39.0. The Hall–Kier alpha value is -6.05. The van der Waals surface area contributed by atoms with Gasteiger partial charge in [0.2, 0.25) is 58.9 Å². The zero-order valence-corrected chi connectivity index (χ0v) is 53.6. The molecule has 474 valence electrons. The molecule has 1 aromatic carbocycles. The average Bonchev–Trinajstić information content (AvgIpc) is 2.83. The summed E-state index contributed by atoms with van der Waals surface area (Å²) in [6.07, 6.45) is 0.501. The van der Waals surface area contributed by atoms with Crippen LogP contribution in [0.15, 0.2) is 30.3 Å². The Morgan fingerprint density at radius 1 is 0.714 bits per heavy atom. The Kier molecular flexibility index (Phi) is 27.4. The summed E-state index contributed by atoms with van der Waals surface area (Å²) in [4.78, 5) is 154. The Bertz CT molecular complexity index is 2490. The highest BCUT2D eigenvalue weighted by Gasteiger charge is 2.48. The molecule has 2 heterocycles. The van der Waals surface area contributed by atoms with Crippen molar-refractivity contribution in [1.82, 2.24) is 50.2 Å². The van der Waals surface area contributed by atoms with Crippen LogP contribution in [-0.2, 0) is 69.9 Å². The molecular weight excluding hydrogens is 1100 g/mol. The summed E-state index contributed by atoms with van der Waals surface area (Å²) in [5, 5.41) is 30.9. The van der Waals surface area contributed by atoms with Crippen LogP contribution in [0.1, 0.15) is 120 Å². The van der Waals surface area contributed by atoms with Gasteiger partial charge in [-0.1, -0.05) is 78.3 Å². The fourth-order valence-corrected chi connectivity index (χ4v) is 11.3. The van der Waals surface area contributed by atoms with Crippen LogP contribution < -0.4 is 16.0 Å². The van der Waals surface area contributed by atoms with Gasteiger partial charge in [-0.25, -0.2) is 0 Å². The Labute approximate surface area is 499 Å². The molecule has 0 saturated carbocycles. The highest BCUT2D eigenvalue weighted by molar-refractivity contribution is 7.85. The Balaban J connectivity index is 2.31. The molecule has 25 heteroatoms. The van der Waals surface area contributed by atoms with E-state index in [2.05, 4.69) is 16.0 Å². The lowest BCUT2D eigenvalue weighted by Gasteiger charge is -2.39. The van der Waals surface area contributed by atoms with Gasteiger partial charge in [-0.2, -0.15) is 0 Å². The predicted octanol–water partition coefficient (Wildman–Crippen LogP) is 0.726. The third-order valence-electron chi connectivity index (χ3n) is 15.8. The van der Waals surface area contributed by atoms with Gasteiger partial charge in [0.1, 0.15) is 54.1 Å². The van der Waals surface area contributed by atoms with E-state index in [9.17, 15) is 62.4 Å². The molecule has 0 radical (unpaired) electrons. The molecule has 2 fully saturated rings. The Morgan fingerprint density at radius 2 is 1.26 bits per heavy atom. The number of hydrogen-bond donors (Lipinski definition) is 5. The molecule has 1 unspecified atom stereocenters. The maximum atomic E-state index is 15.0. The number of nitrogens with one attached hydrogen (secondary N) is 3. The number of nitrogens with zero attached hydrogens (tertiary/aromatic N) is 7. The number of carbonyl (C=O) groups is 10. The van der Waals surface area contributed by atoms with E-state index in [-0.39, 0.29) is 31.1 Å². The van der Waals surface area contributed by atoms with E-state index >= 15 is 0 Å². The summed E-state index contributed by atoms with van der Waals surface area (Å²) in [5.41, 5.74) is -3.31. The second kappa shape index (κ2) is 31.9. The van der Waals surface area contributed by atoms with Crippen molar-refractivity contribution < 1.29 is 67.1 Å². The summed E-state index contributed by atoms with van der Waals surface area (Å²) >= 11 is 0. The minimum atomic E-state index is -3.09. The topological polar surface area (TPSA) is 296 Å². The van der Waals surface area contributed by atoms with Gasteiger partial charge in [0.05, 0.1) is 24.5 Å². The molecule has 10 amide bonds. The van der Waals surface area contributed by atoms with Crippen molar-refractivity contribution in [2.75, 3.05) is 80.0 Å². The van der Waals surface area contributed by atoms with Crippen LogP contribution in [0.3, 0.4) is 0 Å². The molecular formula is C59H98N10O14S. The highest BCUT2D eigenvalue weighted by Crippen LogP contribution is 2.23. The number of hydrogen-bond acceptors (Lipinski definition) is 14. The summed E-state index contributed by atoms with van der Waals surface area (Å²) < 4.78 is 20.3. The van der Waals surface area contributed by atoms with Crippen LogP contribution in [0.2, 0.25) is 0 Å². The quantitative estimate of drug-likeness (QED) is 0.193. The van der Waals surface area contributed by atoms with Gasteiger partial charge in [-0.05, 0) is 90.0 Å². The second-order valence-corrected chi connectivity index (χ2v) is 26.1. The molecule has 11 atom stereocenters. The van der Waals surface area contributed by atoms with Gasteiger partial charge in [-0.15, -0.1) is 0 Å². The highest BCUT2D eigenvalue weighted by atomic mass is 32.2. The van der Waals surface area contributed by atoms with Gasteiger partial charge >= 0.3 is 0 Å². The zero-order valence-electron chi connectivity index (χ0n) is 52.8. The van der Waals surface area contributed by atoms with E-state index in [4.69, 9.17) is 4.74 Å². The molecule has 0 aliphatic carbocycles. The van der Waals surface area contributed by atoms with E-state index < -0.39 is 160 Å². The first-order valence-electron chi connectivity index (χ1n) is 29.2. The number of likely N-dealkylation sites (N-methyl/N-ethyl adjacent to an activating group) is 6. The van der Waals surface area contributed by atoms with Crippen molar-refractivity contribution in [2.24, 2.45) is 17.8 Å². The summed E-state index contributed by atoms with van der Waals surface area (Å²) in [6.45, 7) is 17.9. The van der Waals surface area contributed by atoms with Crippen LogP contribution in [0, 0.1) is 17.8 Å². The van der Waals surface area contributed by atoms with E-state index in [1.54, 1.807) is 97.5 Å². The third-order valence-corrected chi connectivity index (χ3v) is 17.0. The van der Waals surface area contributed by atoms with Gasteiger partial charge < -0.3 is 65.2 Å². The molecule has 2 aliphatic rings. The lowest BCUT2D eigenvalue weighted by Crippen LogP contribution is -2.68. The minimum Gasteiger partial charge on any atom is -0.388 e. The second-order valence-electron chi connectivity index (χ2n) is 24.6. The number of rotatable bonds is 12. The van der Waals surface area contributed by atoms with Crippen molar-refractivity contribution in [3.8, 4) is 0 Å². The molecule has 84 heavy (non-hydrogen) atoms. The van der Waals surface area contributed by atoms with E-state index in [0.29, 0.717) is 37.9 Å². The monoisotopic (exact) mass is 1200 g/mol. The maximum Gasteiger partial charge on any atom is 0.278 e. The normalized spacial score (nSPS) is 27.5. The van der Waals surface area contributed by atoms with Crippen molar-refractivity contribution in [1.29, 1.82) is 0 Å². The first kappa shape index (κ1) is 72.2. The van der Waals surface area contributed by atoms with Gasteiger partial charge in [0.15, 0.2) is 0 Å². The van der Waals surface area contributed by atoms with E-state index in [1.807, 2.05) is 0 Å². The van der Waals surface area contributed by atoms with Crippen LogP contribution in [0.5, 0.6) is 0 Å². The number of amides is 10. The van der Waals surface area contributed by atoms with Gasteiger partial charge in [0, 0.05) is 72.6 Å². The predicted molar refractivity (Wildman–Crippen MR) is 317 cm³/mol. The molecule has 5 N–H and O–H groups in total. The molecule has 2 aliphatic heterocycles. The molecule has 2 saturated heterocycles. The van der Waals surface area contributed by atoms with Gasteiger partial charge in [-0.3, -0.25) is 52.2 Å². The summed E-state index contributed by atoms with van der Waals surface area (Å²) in [6, 6.07) is -0.812. The van der Waals surface area contributed by atoms with E-state index in [1.165, 1.54) is 42.2 Å². The number of benzene rings is 1. The van der Waals surface area contributed by atoms with Crippen LogP contribution in [0.4, 0.5) is 0 Å². The van der Waals surface area contributed by atoms with Crippen LogP contribution in [0.25, 0.3) is 0 Å². The zero-order chi connectivity index (χ0) is 63.9. The third kappa shape index (κ3) is 19.8. The fourth-order valence-electron chi connectivity index (χ4n) is 10.1. The Morgan fingerprint density at radius 3 is 1.79 bits per heavy atom. The largest absolute Gasteiger partial charge is 0.388 e. The summed E-state index contributed by atoms with van der Waals surface area (Å²) in [5.74, 6) is -10.6. The summed E-state index contributed by atoms with van der Waals surface area (Å²) in [7, 11) is 5.70. The fraction of sp³-hybridized carbons (Fsp3) is 0.729. The lowest BCUT2D eigenvalue weighted by molar-refractivity contribution is -0.174. The number of piperidine rings is 1. The molecule has 24 nitrogen and oxygen atoms in total. The lowest BCUT2D eigenvalue weighted by atomic mass is 9.95. The van der Waals surface area contributed by atoms with Gasteiger partial charge in [0.25, 0.3) is 5.91 Å². The number of ether oxygens (including phenoxy) is 1. The van der Waals surface area contributed by atoms with Crippen molar-refractivity contribution >= 4 is 69.9 Å². The number of aliphatic hydroxyl groups excluding tert-OH is 1. The molecule has 0 bridgehead atoms. The first-order valence-corrected chi connectivity index (χ1v) is 30.7. The van der Waals surface area contributed by atoms with Crippen molar-refractivity contribution in [3.05, 3.63) is 35.9 Å². The molecule has 1 aromatic rings. The van der Waals surface area contributed by atoms with Crippen molar-refractivity contribution in [2.45, 2.75) is 181 Å². The van der Waals surface area contributed by atoms with Crippen LogP contribution in [-0.4, -0.2) is 248 Å². The molecule has 0 aromatic heterocycles. The van der Waals surface area contributed by atoms with Crippen LogP contribution >= 0.6 is 0 Å². The van der Waals surface area contributed by atoms with Crippen molar-refractivity contribution in [3.63, 3.8) is 0 Å². The van der Waals surface area contributed by atoms with E-state index in [0.717, 1.165) is 49.8 Å². The smallest absolute Gasteiger partial charge is 0.278 e. The standard InChI is InChI=1S/C59H98N10O14S/c1-18-38(6)49-52(75)61-43(55(78)69-27-23-20-24-28-69)34-84(82)35-48(72)64(13)39(7)53(76)67(16)46(31-41-25-21-19-22-26-41)56(79)66(15)45(30-37(4)5)51(74)62-59(81,40(8)70)57(80)63(12)32-47(71)65(14)44(29-36(2)3)50(73)60-42(54(77)68(49)17)33-83-58(9,10)11/h19,21-22,25-26,36-40,42-46,49,70,81H,18,20,23-24,27-35H2,1-17H3,(H,60,73)(H,61,75)(H,62,74)/t38-,39-,40+,42-,43-,44-,45-,46-,49-,59+,84?/m0/s1. The maximum absolute atomic E-state index is 15.0. The SMILES string of the molecule is CC[C@H](C)[C@H]1C(=O)N[C@H](C(=O)N2CCCCC2)CS(=O)CC(=O)N(C)[C@@H](C)C(=O)N(C)[C@@H](Cc2ccccc2)C(=O)N(C)[C@@H](CC(C)C)C(=O)N[C@@](O)([C@@H](C)O)C(=O)N(C)CC(=O)N(C)[C@@H](CC(C)C)C(=O)N[C@@H](COC(C)(C)C)C(=O)N1C. The minimum absolute atomic E-state index is 0.0442. The number of carbonyl (C=O) groups excluding carboxylic acids is 10.